The van der Waals surface area contributed by atoms with Crippen molar-refractivity contribution in [1.29, 1.82) is 0 Å². The van der Waals surface area contributed by atoms with E-state index >= 15 is 0 Å². The Kier molecular flexibility index (Phi) is 2.60. The Bertz CT molecular complexity index is 309. The minimum atomic E-state index is -1.01. The smallest absolute Gasteiger partial charge is 0.339 e. The summed E-state index contributed by atoms with van der Waals surface area (Å²) in [4.78, 5) is 10.6. The highest BCUT2D eigenvalue weighted by atomic mass is 32.1. The minimum absolute atomic E-state index is 0.130. The lowest BCUT2D eigenvalue weighted by atomic mass is 10.1. The molecule has 0 aromatic heterocycles. The Labute approximate surface area is 75.6 Å². The van der Waals surface area contributed by atoms with E-state index in [4.69, 9.17) is 5.11 Å². The van der Waals surface area contributed by atoms with E-state index in [9.17, 15) is 4.79 Å². The molecule has 0 unspecified atom stereocenters. The number of hydrogen-bond donors (Lipinski definition) is 2. The third kappa shape index (κ3) is 1.53. The number of aromatic carboxylic acids is 1. The summed E-state index contributed by atoms with van der Waals surface area (Å²) in [6.07, 6.45) is 0. The maximum Gasteiger partial charge on any atom is 0.339 e. The van der Waals surface area contributed by atoms with Crippen molar-refractivity contribution in [2.24, 2.45) is 0 Å². The number of aryl methyl sites for hydroxylation is 1. The van der Waals surface area contributed by atoms with Crippen LogP contribution in [0.25, 0.3) is 0 Å². The van der Waals surface area contributed by atoms with Gasteiger partial charge in [-0.3, -0.25) is 0 Å². The van der Waals surface area contributed by atoms with Crippen molar-refractivity contribution < 1.29 is 14.1 Å². The number of hydrogen-bond acceptors (Lipinski definition) is 3. The van der Waals surface area contributed by atoms with Gasteiger partial charge in [0.15, 0.2) is 5.75 Å². The lowest BCUT2D eigenvalue weighted by Crippen LogP contribution is -1.99. The van der Waals surface area contributed by atoms with Gasteiger partial charge in [-0.1, -0.05) is 12.1 Å². The molecule has 0 heterocycles. The fraction of sp³-hybridized carbons (Fsp3) is 0.125. The third-order valence-corrected chi connectivity index (χ3v) is 1.72. The number of rotatable bonds is 2. The van der Waals surface area contributed by atoms with Gasteiger partial charge < -0.3 is 9.29 Å². The summed E-state index contributed by atoms with van der Waals surface area (Å²) in [5.41, 5.74) is 0.884. The Morgan fingerprint density at radius 1 is 1.58 bits per heavy atom. The van der Waals surface area contributed by atoms with Crippen LogP contribution >= 0.6 is 12.9 Å². The summed E-state index contributed by atoms with van der Waals surface area (Å²) < 4.78 is 4.65. The van der Waals surface area contributed by atoms with Gasteiger partial charge in [-0.2, -0.15) is 0 Å². The van der Waals surface area contributed by atoms with Crippen molar-refractivity contribution in [2.75, 3.05) is 0 Å². The number of thiol groups is 1. The molecule has 0 radical (unpaired) electrons. The van der Waals surface area contributed by atoms with Gasteiger partial charge in [-0.15, -0.1) is 0 Å². The predicted octanol–water partition coefficient (Wildman–Crippen LogP) is 1.92. The molecule has 0 aliphatic heterocycles. The molecule has 1 aromatic carbocycles. The minimum Gasteiger partial charge on any atom is -0.478 e. The SMILES string of the molecule is Cc1cccc(C(=O)O)c1OS. The molecule has 0 bridgehead atoms. The van der Waals surface area contributed by atoms with Gasteiger partial charge in [0.1, 0.15) is 5.56 Å². The Hall–Kier alpha value is -1.16. The van der Waals surface area contributed by atoms with Crippen LogP contribution in [-0.2, 0) is 0 Å². The molecule has 0 fully saturated rings. The molecule has 0 amide bonds. The van der Waals surface area contributed by atoms with E-state index in [0.717, 1.165) is 5.56 Å². The number of carbonyl (C=O) groups is 1. The van der Waals surface area contributed by atoms with Crippen molar-refractivity contribution >= 4 is 18.9 Å². The van der Waals surface area contributed by atoms with Gasteiger partial charge in [0.25, 0.3) is 0 Å². The van der Waals surface area contributed by atoms with E-state index in [2.05, 4.69) is 17.1 Å². The fourth-order valence-corrected chi connectivity index (χ4v) is 1.18. The van der Waals surface area contributed by atoms with Crippen molar-refractivity contribution in [3.05, 3.63) is 29.3 Å². The molecular formula is C8H8O3S. The van der Waals surface area contributed by atoms with Crippen molar-refractivity contribution in [1.82, 2.24) is 0 Å². The Morgan fingerprint density at radius 3 is 2.67 bits per heavy atom. The Balaban J connectivity index is 3.27. The van der Waals surface area contributed by atoms with E-state index in [0.29, 0.717) is 5.75 Å². The van der Waals surface area contributed by atoms with Gasteiger partial charge in [0.05, 0.1) is 0 Å². The molecule has 1 rings (SSSR count). The average molecular weight is 184 g/mol. The zero-order valence-corrected chi connectivity index (χ0v) is 7.34. The first kappa shape index (κ1) is 8.93. The van der Waals surface area contributed by atoms with Crippen molar-refractivity contribution in [3.8, 4) is 5.75 Å². The topological polar surface area (TPSA) is 46.5 Å². The summed E-state index contributed by atoms with van der Waals surface area (Å²) in [5.74, 6) is -0.712. The van der Waals surface area contributed by atoms with E-state index in [1.165, 1.54) is 6.07 Å². The van der Waals surface area contributed by atoms with Gasteiger partial charge in [-0.05, 0) is 18.6 Å². The largest absolute Gasteiger partial charge is 0.478 e. The predicted molar refractivity (Wildman–Crippen MR) is 47.8 cm³/mol. The van der Waals surface area contributed by atoms with E-state index in [1.54, 1.807) is 19.1 Å². The second-order valence-corrected chi connectivity index (χ2v) is 2.53. The normalized spacial score (nSPS) is 9.50. The molecule has 0 atom stereocenters. The second-order valence-electron chi connectivity index (χ2n) is 2.35. The number of carboxylic acid groups (broad SMARTS) is 1. The summed E-state index contributed by atoms with van der Waals surface area (Å²) in [6, 6.07) is 4.90. The standard InChI is InChI=1S/C8H8O3S/c1-5-3-2-4-6(8(9)10)7(5)11-12/h2-4,12H,1H3,(H,9,10). The van der Waals surface area contributed by atoms with E-state index < -0.39 is 5.97 Å². The highest BCUT2D eigenvalue weighted by Gasteiger charge is 2.11. The van der Waals surface area contributed by atoms with E-state index in [-0.39, 0.29) is 5.56 Å². The number of carboxylic acids is 1. The monoisotopic (exact) mass is 184 g/mol. The average Bonchev–Trinajstić information content (AvgIpc) is 2.03. The van der Waals surface area contributed by atoms with Crippen LogP contribution in [0.3, 0.4) is 0 Å². The zero-order chi connectivity index (χ0) is 9.14. The van der Waals surface area contributed by atoms with Gasteiger partial charge in [0, 0.05) is 12.9 Å². The molecule has 0 spiro atoms. The molecule has 0 aliphatic rings. The van der Waals surface area contributed by atoms with Crippen LogP contribution in [0.15, 0.2) is 18.2 Å². The van der Waals surface area contributed by atoms with Crippen LogP contribution < -0.4 is 4.18 Å². The lowest BCUT2D eigenvalue weighted by Gasteiger charge is -2.05. The van der Waals surface area contributed by atoms with Crippen LogP contribution in [0.5, 0.6) is 5.75 Å². The molecule has 4 heteroatoms. The summed E-state index contributed by atoms with van der Waals surface area (Å²) in [7, 11) is 0. The molecular weight excluding hydrogens is 176 g/mol. The molecule has 0 aliphatic carbocycles. The highest BCUT2D eigenvalue weighted by molar-refractivity contribution is 7.75. The number of para-hydroxylation sites is 1. The van der Waals surface area contributed by atoms with Gasteiger partial charge >= 0.3 is 5.97 Å². The maximum atomic E-state index is 10.6. The highest BCUT2D eigenvalue weighted by Crippen LogP contribution is 2.23. The molecule has 1 aromatic rings. The number of benzene rings is 1. The van der Waals surface area contributed by atoms with E-state index in [1.807, 2.05) is 0 Å². The lowest BCUT2D eigenvalue weighted by molar-refractivity contribution is 0.0695. The molecule has 64 valence electrons. The molecule has 0 saturated carbocycles. The first-order valence-electron chi connectivity index (χ1n) is 3.31. The molecule has 12 heavy (non-hydrogen) atoms. The van der Waals surface area contributed by atoms with Crippen LogP contribution in [0, 0.1) is 6.92 Å². The first-order valence-corrected chi connectivity index (χ1v) is 3.67. The zero-order valence-electron chi connectivity index (χ0n) is 6.44. The van der Waals surface area contributed by atoms with Crippen LogP contribution in [0.4, 0.5) is 0 Å². The summed E-state index contributed by atoms with van der Waals surface area (Å²) in [6.45, 7) is 1.76. The Morgan fingerprint density at radius 2 is 2.25 bits per heavy atom. The van der Waals surface area contributed by atoms with Gasteiger partial charge in [-0.25, -0.2) is 4.79 Å². The second kappa shape index (κ2) is 3.49. The van der Waals surface area contributed by atoms with Crippen LogP contribution in [0.1, 0.15) is 15.9 Å². The van der Waals surface area contributed by atoms with Crippen LogP contribution in [-0.4, -0.2) is 11.1 Å². The quantitative estimate of drug-likeness (QED) is 0.545. The maximum absolute atomic E-state index is 10.6. The molecule has 0 saturated heterocycles. The summed E-state index contributed by atoms with van der Waals surface area (Å²) >= 11 is 3.58. The van der Waals surface area contributed by atoms with Crippen LogP contribution in [0.2, 0.25) is 0 Å². The molecule has 1 N–H and O–H groups in total. The third-order valence-electron chi connectivity index (χ3n) is 1.53. The fourth-order valence-electron chi connectivity index (χ4n) is 0.942. The van der Waals surface area contributed by atoms with Gasteiger partial charge in [0.2, 0.25) is 0 Å². The van der Waals surface area contributed by atoms with Crippen molar-refractivity contribution in [3.63, 3.8) is 0 Å². The molecule has 3 nitrogen and oxygen atoms in total. The summed E-state index contributed by atoms with van der Waals surface area (Å²) in [5, 5.41) is 8.71. The first-order chi connectivity index (χ1) is 5.66. The van der Waals surface area contributed by atoms with Crippen molar-refractivity contribution in [2.45, 2.75) is 6.92 Å².